The van der Waals surface area contributed by atoms with Crippen LogP contribution in [0.25, 0.3) is 4.96 Å². The van der Waals surface area contributed by atoms with Crippen molar-refractivity contribution in [3.63, 3.8) is 0 Å². The van der Waals surface area contributed by atoms with E-state index in [1.54, 1.807) is 18.4 Å². The number of methoxy groups -OCH3 is 1. The molecular formula is C19H30ClN5O2S. The summed E-state index contributed by atoms with van der Waals surface area (Å²) < 4.78 is 7.01. The normalized spacial score (nSPS) is 21.6. The Balaban J connectivity index is 0.00000225. The van der Waals surface area contributed by atoms with Crippen LogP contribution in [0.1, 0.15) is 44.2 Å². The average Bonchev–Trinajstić information content (AvgIpc) is 3.09. The first kappa shape index (κ1) is 21.3. The van der Waals surface area contributed by atoms with E-state index in [-0.39, 0.29) is 24.9 Å². The number of carbonyl (C=O) groups excluding carboxylic acids is 1. The predicted molar refractivity (Wildman–Crippen MR) is 114 cm³/mol. The maximum absolute atomic E-state index is 12.6. The maximum atomic E-state index is 12.6. The van der Waals surface area contributed by atoms with Crippen molar-refractivity contribution in [1.82, 2.24) is 19.5 Å². The molecule has 2 aromatic rings. The zero-order valence-electron chi connectivity index (χ0n) is 16.7. The van der Waals surface area contributed by atoms with E-state index in [0.29, 0.717) is 12.0 Å². The smallest absolute Gasteiger partial charge is 0.248 e. The summed E-state index contributed by atoms with van der Waals surface area (Å²) in [5, 5.41) is 5.75. The predicted octanol–water partition coefficient (Wildman–Crippen LogP) is 3.16. The van der Waals surface area contributed by atoms with Crippen LogP contribution in [-0.2, 0) is 9.53 Å². The summed E-state index contributed by atoms with van der Waals surface area (Å²) in [6, 6.07) is 0.369. The summed E-state index contributed by atoms with van der Waals surface area (Å²) in [6.45, 7) is 5.09. The quantitative estimate of drug-likeness (QED) is 0.749. The molecule has 1 amide bonds. The lowest BCUT2D eigenvalue weighted by Gasteiger charge is -2.40. The highest BCUT2D eigenvalue weighted by molar-refractivity contribution is 7.20. The van der Waals surface area contributed by atoms with Gasteiger partial charge in [0, 0.05) is 32.8 Å². The molecule has 9 heteroatoms. The molecule has 28 heavy (non-hydrogen) atoms. The molecule has 2 aliphatic rings. The Kier molecular flexibility index (Phi) is 7.17. The standard InChI is InChI=1S/C19H29N5O2S.ClH/c1-14-12-24-18(20-14)27-19(21-24)22-10-7-15(8-11-22)16-6-4-3-5-9-23(16)17(25)13-26-2;/h12,15-16H,3-11,13H2,1-2H3;1H. The fraction of sp³-hybridized carbons (Fsp3) is 0.737. The van der Waals surface area contributed by atoms with Crippen molar-refractivity contribution in [3.05, 3.63) is 11.9 Å². The van der Waals surface area contributed by atoms with Gasteiger partial charge in [-0.05, 0) is 38.5 Å². The van der Waals surface area contributed by atoms with Crippen molar-refractivity contribution >= 4 is 39.7 Å². The van der Waals surface area contributed by atoms with E-state index in [1.165, 1.54) is 12.8 Å². The number of likely N-dealkylation sites (tertiary alicyclic amines) is 1. The number of fused-ring (bicyclic) bond motifs is 1. The molecule has 0 saturated carbocycles. The summed E-state index contributed by atoms with van der Waals surface area (Å²) in [5.41, 5.74) is 1.01. The highest BCUT2D eigenvalue weighted by Crippen LogP contribution is 2.33. The number of rotatable bonds is 4. The third-order valence-electron chi connectivity index (χ3n) is 5.89. The molecule has 0 radical (unpaired) electrons. The molecule has 1 unspecified atom stereocenters. The molecule has 4 rings (SSSR count). The molecule has 0 N–H and O–H groups in total. The number of nitrogens with zero attached hydrogens (tertiary/aromatic N) is 5. The van der Waals surface area contributed by atoms with Crippen LogP contribution in [-0.4, -0.2) is 64.8 Å². The van der Waals surface area contributed by atoms with Crippen LogP contribution in [0.15, 0.2) is 6.20 Å². The van der Waals surface area contributed by atoms with E-state index in [4.69, 9.17) is 9.84 Å². The number of halogens is 1. The lowest BCUT2D eigenvalue weighted by molar-refractivity contribution is -0.138. The molecule has 4 heterocycles. The second-order valence-electron chi connectivity index (χ2n) is 7.76. The van der Waals surface area contributed by atoms with Crippen LogP contribution in [0, 0.1) is 12.8 Å². The molecular weight excluding hydrogens is 398 g/mol. The second-order valence-corrected chi connectivity index (χ2v) is 8.69. The van der Waals surface area contributed by atoms with Gasteiger partial charge in [-0.15, -0.1) is 17.5 Å². The van der Waals surface area contributed by atoms with Gasteiger partial charge in [0.25, 0.3) is 0 Å². The zero-order valence-corrected chi connectivity index (χ0v) is 18.3. The molecule has 2 fully saturated rings. The molecule has 2 aliphatic heterocycles. The summed E-state index contributed by atoms with van der Waals surface area (Å²) in [4.78, 5) is 22.5. The van der Waals surface area contributed by atoms with Crippen molar-refractivity contribution in [3.8, 4) is 0 Å². The summed E-state index contributed by atoms with van der Waals surface area (Å²) in [6.07, 6.45) is 8.90. The van der Waals surface area contributed by atoms with Crippen molar-refractivity contribution < 1.29 is 9.53 Å². The molecule has 0 spiro atoms. The minimum atomic E-state index is 0. The van der Waals surface area contributed by atoms with Crippen LogP contribution in [0.2, 0.25) is 0 Å². The number of hydrogen-bond donors (Lipinski definition) is 0. The van der Waals surface area contributed by atoms with Gasteiger partial charge in [0.05, 0.1) is 11.9 Å². The first-order chi connectivity index (χ1) is 13.2. The molecule has 1 atom stereocenters. The Morgan fingerprint density at radius 2 is 2.00 bits per heavy atom. The van der Waals surface area contributed by atoms with Crippen LogP contribution in [0.4, 0.5) is 5.13 Å². The van der Waals surface area contributed by atoms with Crippen molar-refractivity contribution in [1.29, 1.82) is 0 Å². The monoisotopic (exact) mass is 427 g/mol. The van der Waals surface area contributed by atoms with Gasteiger partial charge < -0.3 is 14.5 Å². The molecule has 7 nitrogen and oxygen atoms in total. The fourth-order valence-electron chi connectivity index (χ4n) is 4.54. The van der Waals surface area contributed by atoms with Gasteiger partial charge in [0.2, 0.25) is 16.0 Å². The third kappa shape index (κ3) is 4.44. The van der Waals surface area contributed by atoms with Gasteiger partial charge in [0.1, 0.15) is 6.61 Å². The Morgan fingerprint density at radius 3 is 2.71 bits per heavy atom. The lowest BCUT2D eigenvalue weighted by atomic mass is 9.86. The minimum Gasteiger partial charge on any atom is -0.375 e. The van der Waals surface area contributed by atoms with Gasteiger partial charge in [0.15, 0.2) is 0 Å². The number of ether oxygens (including phenoxy) is 1. The number of anilines is 1. The van der Waals surface area contributed by atoms with Crippen molar-refractivity contribution in [2.24, 2.45) is 5.92 Å². The molecule has 0 aromatic carbocycles. The topological polar surface area (TPSA) is 63.0 Å². The first-order valence-electron chi connectivity index (χ1n) is 10.0. The minimum absolute atomic E-state index is 0. The van der Waals surface area contributed by atoms with E-state index >= 15 is 0 Å². The number of imidazole rings is 1. The van der Waals surface area contributed by atoms with Gasteiger partial charge in [-0.3, -0.25) is 4.79 Å². The maximum Gasteiger partial charge on any atom is 0.248 e. The Bertz CT molecular complexity index is 755. The third-order valence-corrected chi connectivity index (χ3v) is 6.88. The molecule has 0 aliphatic carbocycles. The zero-order chi connectivity index (χ0) is 18.8. The molecule has 2 aromatic heterocycles. The molecule has 156 valence electrons. The number of aryl methyl sites for hydroxylation is 1. The lowest BCUT2D eigenvalue weighted by Crippen LogP contribution is -2.48. The SMILES string of the molecule is COCC(=O)N1CCCCCC1C1CCN(c2nn3cc(C)nc3s2)CC1.Cl. The highest BCUT2D eigenvalue weighted by atomic mass is 35.5. The van der Waals surface area contributed by atoms with Crippen LogP contribution < -0.4 is 4.90 Å². The number of amides is 1. The molecule has 0 bridgehead atoms. The number of hydrogen-bond acceptors (Lipinski definition) is 6. The van der Waals surface area contributed by atoms with Crippen molar-refractivity contribution in [2.75, 3.05) is 38.3 Å². The summed E-state index contributed by atoms with van der Waals surface area (Å²) in [7, 11) is 1.61. The fourth-order valence-corrected chi connectivity index (χ4v) is 5.52. The van der Waals surface area contributed by atoms with E-state index in [9.17, 15) is 4.79 Å². The van der Waals surface area contributed by atoms with Crippen LogP contribution in [0.5, 0.6) is 0 Å². The van der Waals surface area contributed by atoms with Crippen molar-refractivity contribution in [2.45, 2.75) is 51.5 Å². The van der Waals surface area contributed by atoms with Crippen LogP contribution >= 0.6 is 23.7 Å². The Hall–Kier alpha value is -1.38. The largest absolute Gasteiger partial charge is 0.375 e. The number of carbonyl (C=O) groups is 1. The van der Waals surface area contributed by atoms with E-state index in [1.807, 2.05) is 17.6 Å². The number of piperidine rings is 1. The first-order valence-corrected chi connectivity index (χ1v) is 10.8. The van der Waals surface area contributed by atoms with Gasteiger partial charge in [-0.1, -0.05) is 24.2 Å². The second kappa shape index (κ2) is 9.41. The summed E-state index contributed by atoms with van der Waals surface area (Å²) in [5.74, 6) is 0.731. The van der Waals surface area contributed by atoms with E-state index in [2.05, 4.69) is 14.8 Å². The molecule has 2 saturated heterocycles. The van der Waals surface area contributed by atoms with Gasteiger partial charge in [-0.2, -0.15) is 0 Å². The van der Waals surface area contributed by atoms with Crippen LogP contribution in [0.3, 0.4) is 0 Å². The Morgan fingerprint density at radius 1 is 1.21 bits per heavy atom. The van der Waals surface area contributed by atoms with Gasteiger partial charge in [-0.25, -0.2) is 9.50 Å². The van der Waals surface area contributed by atoms with Gasteiger partial charge >= 0.3 is 0 Å². The average molecular weight is 428 g/mol. The Labute approximate surface area is 176 Å². The highest BCUT2D eigenvalue weighted by Gasteiger charge is 2.34. The van der Waals surface area contributed by atoms with E-state index in [0.717, 1.165) is 61.1 Å². The number of aromatic nitrogens is 3. The summed E-state index contributed by atoms with van der Waals surface area (Å²) >= 11 is 1.66. The van der Waals surface area contributed by atoms with E-state index < -0.39 is 0 Å².